The Balaban J connectivity index is 1.76. The van der Waals surface area contributed by atoms with E-state index >= 15 is 0 Å². The average molecular weight is 266 g/mol. The van der Waals surface area contributed by atoms with Gasteiger partial charge in [0.05, 0.1) is 0 Å². The van der Waals surface area contributed by atoms with Crippen molar-refractivity contribution in [3.05, 3.63) is 0 Å². The number of hydrogen-bond donors (Lipinski definition) is 0. The zero-order chi connectivity index (χ0) is 11.6. The Morgan fingerprint density at radius 1 is 1.06 bits per heavy atom. The summed E-state index contributed by atoms with van der Waals surface area (Å²) in [6.45, 7) is 0. The fourth-order valence-electron chi connectivity index (χ4n) is 2.69. The first-order valence-corrected chi connectivity index (χ1v) is 9.05. The fraction of sp³-hybridized carbons (Fsp3) is 1.00. The fourth-order valence-corrected chi connectivity index (χ4v) is 5.61. The maximum atomic E-state index is 5.54. The number of ether oxygens (including phenoxy) is 1. The second kappa shape index (κ2) is 5.46. The third-order valence-corrected chi connectivity index (χ3v) is 8.23. The normalized spacial score (nSPS) is 33.6. The molecular formula is C11H22O4Ti. The van der Waals surface area contributed by atoms with E-state index in [1.54, 1.807) is 21.3 Å². The van der Waals surface area contributed by atoms with Crippen molar-refractivity contribution in [2.45, 2.75) is 42.6 Å². The van der Waals surface area contributed by atoms with Crippen LogP contribution in [-0.2, 0) is 32.4 Å². The van der Waals surface area contributed by atoms with Crippen molar-refractivity contribution in [2.24, 2.45) is 5.92 Å². The van der Waals surface area contributed by atoms with Crippen molar-refractivity contribution < 1.29 is 32.4 Å². The molecule has 0 aromatic rings. The van der Waals surface area contributed by atoms with Crippen LogP contribution < -0.4 is 0 Å². The van der Waals surface area contributed by atoms with E-state index in [2.05, 4.69) is 0 Å². The van der Waals surface area contributed by atoms with Crippen molar-refractivity contribution in [2.75, 3.05) is 21.3 Å². The van der Waals surface area contributed by atoms with Crippen molar-refractivity contribution in [3.8, 4) is 0 Å². The minimum atomic E-state index is -2.87. The van der Waals surface area contributed by atoms with Gasteiger partial charge in [-0.3, -0.25) is 0 Å². The van der Waals surface area contributed by atoms with Crippen LogP contribution in [0.4, 0.5) is 0 Å². The quantitative estimate of drug-likeness (QED) is 0.546. The molecule has 5 heteroatoms. The number of rotatable bonds is 6. The summed E-state index contributed by atoms with van der Waals surface area (Å²) < 4.78 is 22.9. The third-order valence-electron chi connectivity index (χ3n) is 3.90. The maximum absolute atomic E-state index is 5.54. The molecule has 0 aromatic heterocycles. The monoisotopic (exact) mass is 266 g/mol. The summed E-state index contributed by atoms with van der Waals surface area (Å²) >= 11 is -2.87. The van der Waals surface area contributed by atoms with Crippen LogP contribution in [0.5, 0.6) is 0 Å². The molecule has 3 unspecified atom stereocenters. The first-order chi connectivity index (χ1) is 7.73. The third kappa shape index (κ3) is 2.86. The van der Waals surface area contributed by atoms with E-state index in [0.717, 1.165) is 17.1 Å². The van der Waals surface area contributed by atoms with Gasteiger partial charge in [0.2, 0.25) is 0 Å². The van der Waals surface area contributed by atoms with Gasteiger partial charge in [0.1, 0.15) is 0 Å². The van der Waals surface area contributed by atoms with Crippen LogP contribution in [-0.4, -0.2) is 33.5 Å². The summed E-state index contributed by atoms with van der Waals surface area (Å²) in [4.78, 5) is 0. The van der Waals surface area contributed by atoms with E-state index in [4.69, 9.17) is 14.7 Å². The van der Waals surface area contributed by atoms with Gasteiger partial charge >= 0.3 is 102 Å². The number of fused-ring (bicyclic) bond motifs is 1. The summed E-state index contributed by atoms with van der Waals surface area (Å²) in [6.07, 6.45) is 6.06. The summed E-state index contributed by atoms with van der Waals surface area (Å²) in [5, 5.41) is 0. The van der Waals surface area contributed by atoms with Crippen LogP contribution in [0.25, 0.3) is 0 Å². The molecule has 4 nitrogen and oxygen atoms in total. The Bertz CT molecular complexity index is 224. The molecule has 16 heavy (non-hydrogen) atoms. The molecule has 94 valence electrons. The second-order valence-corrected chi connectivity index (χ2v) is 9.55. The molecule has 1 heterocycles. The molecule has 1 aliphatic heterocycles. The minimum absolute atomic E-state index is 0.563. The summed E-state index contributed by atoms with van der Waals surface area (Å²) in [6, 6.07) is 0. The summed E-state index contributed by atoms with van der Waals surface area (Å²) in [5.74, 6) is 0.772. The van der Waals surface area contributed by atoms with Crippen LogP contribution in [0, 0.1) is 5.92 Å². The molecule has 0 aromatic carbocycles. The molecule has 1 aliphatic carbocycles. The molecule has 2 fully saturated rings. The molecule has 0 bridgehead atoms. The summed E-state index contributed by atoms with van der Waals surface area (Å²) in [7, 11) is 5.11. The van der Waals surface area contributed by atoms with Gasteiger partial charge in [0, 0.05) is 0 Å². The Kier molecular flexibility index (Phi) is 4.44. The molecule has 0 spiro atoms. The van der Waals surface area contributed by atoms with E-state index in [0.29, 0.717) is 12.2 Å². The van der Waals surface area contributed by atoms with Gasteiger partial charge in [-0.05, 0) is 0 Å². The van der Waals surface area contributed by atoms with Crippen molar-refractivity contribution in [3.63, 3.8) is 0 Å². The second-order valence-electron chi connectivity index (χ2n) is 4.73. The molecule has 0 radical (unpaired) electrons. The first kappa shape index (κ1) is 13.0. The predicted molar refractivity (Wildman–Crippen MR) is 56.5 cm³/mol. The van der Waals surface area contributed by atoms with Gasteiger partial charge in [0.25, 0.3) is 0 Å². The number of epoxide rings is 1. The molecule has 2 rings (SSSR count). The zero-order valence-electron chi connectivity index (χ0n) is 10.4. The average Bonchev–Trinajstić information content (AvgIpc) is 3.10. The standard InChI is InChI=1S/C8H13O.3CH3O.Ti/c1-2-6-3-4-7-8(5-6)9-7;3*1-2;/h6-8H,1-5H2;3*1H3;/q;3*-1;+3. The Hall–Kier alpha value is 0.554. The van der Waals surface area contributed by atoms with Crippen LogP contribution in [0.15, 0.2) is 0 Å². The van der Waals surface area contributed by atoms with Crippen molar-refractivity contribution in [1.29, 1.82) is 0 Å². The van der Waals surface area contributed by atoms with Gasteiger partial charge in [-0.1, -0.05) is 0 Å². The molecule has 0 N–H and O–H groups in total. The van der Waals surface area contributed by atoms with Crippen molar-refractivity contribution in [1.82, 2.24) is 0 Å². The van der Waals surface area contributed by atoms with Crippen LogP contribution in [0.2, 0.25) is 4.73 Å². The molecule has 1 saturated carbocycles. The number of hydrogen-bond acceptors (Lipinski definition) is 4. The topological polar surface area (TPSA) is 40.2 Å². The van der Waals surface area contributed by atoms with E-state index < -0.39 is 17.8 Å². The van der Waals surface area contributed by atoms with Crippen LogP contribution in [0.3, 0.4) is 0 Å². The Morgan fingerprint density at radius 3 is 2.31 bits per heavy atom. The van der Waals surface area contributed by atoms with Gasteiger partial charge in [-0.25, -0.2) is 0 Å². The first-order valence-electron chi connectivity index (χ1n) is 6.04. The van der Waals surface area contributed by atoms with E-state index in [9.17, 15) is 0 Å². The van der Waals surface area contributed by atoms with E-state index in [1.165, 1.54) is 19.3 Å². The SMILES string of the molecule is C[O][Ti]([CH2]CC1CCC2OC2C1)([O]C)[O]C. The van der Waals surface area contributed by atoms with Gasteiger partial charge in [-0.2, -0.15) is 0 Å². The predicted octanol–water partition coefficient (Wildman–Crippen LogP) is 2.20. The van der Waals surface area contributed by atoms with Crippen LogP contribution >= 0.6 is 0 Å². The molecular weight excluding hydrogens is 244 g/mol. The summed E-state index contributed by atoms with van der Waals surface area (Å²) in [5.41, 5.74) is 0. The Labute approximate surface area is 102 Å². The molecule has 2 aliphatic rings. The molecule has 1 saturated heterocycles. The van der Waals surface area contributed by atoms with E-state index in [-0.39, 0.29) is 0 Å². The Morgan fingerprint density at radius 2 is 1.75 bits per heavy atom. The van der Waals surface area contributed by atoms with Crippen molar-refractivity contribution >= 4 is 0 Å². The van der Waals surface area contributed by atoms with Crippen LogP contribution in [0.1, 0.15) is 25.7 Å². The van der Waals surface area contributed by atoms with Gasteiger partial charge in [0.15, 0.2) is 0 Å². The van der Waals surface area contributed by atoms with Gasteiger partial charge in [-0.15, -0.1) is 0 Å². The molecule has 3 atom stereocenters. The zero-order valence-corrected chi connectivity index (χ0v) is 12.0. The molecule has 0 amide bonds. The van der Waals surface area contributed by atoms with Gasteiger partial charge < -0.3 is 0 Å². The van der Waals surface area contributed by atoms with E-state index in [1.807, 2.05) is 0 Å².